The maximum absolute atomic E-state index is 10.0. The van der Waals surface area contributed by atoms with Crippen molar-refractivity contribution < 1.29 is 9.84 Å². The van der Waals surface area contributed by atoms with E-state index < -0.39 is 0 Å². The zero-order valence-electron chi connectivity index (χ0n) is 12.8. The fourth-order valence-corrected chi connectivity index (χ4v) is 2.20. The molecule has 0 spiro atoms. The molecule has 2 nitrogen and oxygen atoms in total. The summed E-state index contributed by atoms with van der Waals surface area (Å²) >= 11 is 0. The molecule has 0 aliphatic rings. The number of rotatable bonds is 8. The number of aryl methyl sites for hydroxylation is 2. The van der Waals surface area contributed by atoms with E-state index in [0.29, 0.717) is 18.9 Å². The standard InChI is InChI=1S/C17H28O2/c1-13(2)5-7-19-8-6-17(18)12-16-10-14(3)9-15(4)11-16/h9-11,13,17-18H,5-8,12H2,1-4H3. The SMILES string of the molecule is Cc1cc(C)cc(CC(O)CCOCCC(C)C)c1. The largest absolute Gasteiger partial charge is 0.393 e. The summed E-state index contributed by atoms with van der Waals surface area (Å²) < 4.78 is 5.54. The minimum absolute atomic E-state index is 0.305. The van der Waals surface area contributed by atoms with E-state index in [1.807, 2.05) is 0 Å². The lowest BCUT2D eigenvalue weighted by atomic mass is 10.0. The van der Waals surface area contributed by atoms with Gasteiger partial charge in [-0.25, -0.2) is 0 Å². The summed E-state index contributed by atoms with van der Waals surface area (Å²) in [7, 11) is 0. The van der Waals surface area contributed by atoms with Crippen LogP contribution < -0.4 is 0 Å². The second-order valence-electron chi connectivity index (χ2n) is 5.94. The lowest BCUT2D eigenvalue weighted by Crippen LogP contribution is -2.14. The molecule has 0 amide bonds. The lowest BCUT2D eigenvalue weighted by molar-refractivity contribution is 0.0769. The molecule has 0 heterocycles. The third kappa shape index (κ3) is 7.34. The van der Waals surface area contributed by atoms with Gasteiger partial charge in [0.15, 0.2) is 0 Å². The Kier molecular flexibility index (Phi) is 7.11. The van der Waals surface area contributed by atoms with Gasteiger partial charge in [0, 0.05) is 13.2 Å². The van der Waals surface area contributed by atoms with E-state index in [4.69, 9.17) is 4.74 Å². The quantitative estimate of drug-likeness (QED) is 0.726. The highest BCUT2D eigenvalue weighted by Crippen LogP contribution is 2.12. The maximum atomic E-state index is 10.0. The highest BCUT2D eigenvalue weighted by molar-refractivity contribution is 5.28. The zero-order valence-corrected chi connectivity index (χ0v) is 12.8. The van der Waals surface area contributed by atoms with Crippen molar-refractivity contribution in [3.8, 4) is 0 Å². The monoisotopic (exact) mass is 264 g/mol. The molecule has 1 atom stereocenters. The van der Waals surface area contributed by atoms with Gasteiger partial charge < -0.3 is 9.84 Å². The smallest absolute Gasteiger partial charge is 0.0602 e. The van der Waals surface area contributed by atoms with E-state index in [9.17, 15) is 5.11 Å². The Morgan fingerprint density at radius 1 is 1.00 bits per heavy atom. The number of hydrogen-bond acceptors (Lipinski definition) is 2. The van der Waals surface area contributed by atoms with Crippen LogP contribution >= 0.6 is 0 Å². The Hall–Kier alpha value is -0.860. The second-order valence-corrected chi connectivity index (χ2v) is 5.94. The van der Waals surface area contributed by atoms with Crippen LogP contribution in [0, 0.1) is 19.8 Å². The van der Waals surface area contributed by atoms with Crippen molar-refractivity contribution in [1.82, 2.24) is 0 Å². The van der Waals surface area contributed by atoms with Gasteiger partial charge >= 0.3 is 0 Å². The molecule has 1 aromatic rings. The summed E-state index contributed by atoms with van der Waals surface area (Å²) in [4.78, 5) is 0. The molecule has 0 bridgehead atoms. The molecule has 0 radical (unpaired) electrons. The Morgan fingerprint density at radius 2 is 1.58 bits per heavy atom. The molecule has 108 valence electrons. The normalized spacial score (nSPS) is 12.9. The number of benzene rings is 1. The third-order valence-electron chi connectivity index (χ3n) is 3.19. The van der Waals surface area contributed by atoms with Crippen LogP contribution in [0.5, 0.6) is 0 Å². The maximum Gasteiger partial charge on any atom is 0.0602 e. The first kappa shape index (κ1) is 16.2. The first-order valence-electron chi connectivity index (χ1n) is 7.30. The molecule has 0 aliphatic heterocycles. The molecule has 0 saturated heterocycles. The van der Waals surface area contributed by atoms with Crippen LogP contribution in [0.15, 0.2) is 18.2 Å². The highest BCUT2D eigenvalue weighted by Gasteiger charge is 2.06. The van der Waals surface area contributed by atoms with E-state index in [0.717, 1.165) is 19.4 Å². The van der Waals surface area contributed by atoms with Crippen LogP contribution in [0.2, 0.25) is 0 Å². The van der Waals surface area contributed by atoms with Crippen molar-refractivity contribution in [3.05, 3.63) is 34.9 Å². The van der Waals surface area contributed by atoms with Crippen LogP contribution in [0.25, 0.3) is 0 Å². The molecule has 1 N–H and O–H groups in total. The lowest BCUT2D eigenvalue weighted by Gasteiger charge is -2.12. The molecule has 1 aromatic carbocycles. The molecule has 19 heavy (non-hydrogen) atoms. The molecule has 1 unspecified atom stereocenters. The Labute approximate surface area is 117 Å². The average Bonchev–Trinajstić information content (AvgIpc) is 2.26. The fraction of sp³-hybridized carbons (Fsp3) is 0.647. The number of ether oxygens (including phenoxy) is 1. The van der Waals surface area contributed by atoms with Gasteiger partial charge in [-0.15, -0.1) is 0 Å². The van der Waals surface area contributed by atoms with Gasteiger partial charge in [0.2, 0.25) is 0 Å². The summed E-state index contributed by atoms with van der Waals surface area (Å²) in [6.45, 7) is 10.0. The van der Waals surface area contributed by atoms with Crippen LogP contribution in [-0.2, 0) is 11.2 Å². The molecule has 2 heteroatoms. The molecule has 0 aromatic heterocycles. The topological polar surface area (TPSA) is 29.5 Å². The van der Waals surface area contributed by atoms with Crippen LogP contribution in [-0.4, -0.2) is 24.4 Å². The van der Waals surface area contributed by atoms with E-state index >= 15 is 0 Å². The molecular weight excluding hydrogens is 236 g/mol. The van der Waals surface area contributed by atoms with Gasteiger partial charge in [-0.3, -0.25) is 0 Å². The van der Waals surface area contributed by atoms with E-state index in [1.165, 1.54) is 16.7 Å². The molecule has 0 fully saturated rings. The van der Waals surface area contributed by atoms with Crippen LogP contribution in [0.4, 0.5) is 0 Å². The summed E-state index contributed by atoms with van der Waals surface area (Å²) in [5.74, 6) is 0.681. The van der Waals surface area contributed by atoms with Gasteiger partial charge in [-0.1, -0.05) is 43.2 Å². The van der Waals surface area contributed by atoms with Crippen LogP contribution in [0.3, 0.4) is 0 Å². The molecular formula is C17H28O2. The van der Waals surface area contributed by atoms with Gasteiger partial charge in [0.1, 0.15) is 0 Å². The zero-order chi connectivity index (χ0) is 14.3. The second kappa shape index (κ2) is 8.34. The Bertz CT molecular complexity index is 351. The fourth-order valence-electron chi connectivity index (χ4n) is 2.20. The molecule has 1 rings (SSSR count). The minimum atomic E-state index is -0.305. The van der Waals surface area contributed by atoms with Crippen molar-refractivity contribution >= 4 is 0 Å². The van der Waals surface area contributed by atoms with Crippen LogP contribution in [0.1, 0.15) is 43.4 Å². The molecule has 0 saturated carbocycles. The summed E-state index contributed by atoms with van der Waals surface area (Å²) in [5.41, 5.74) is 3.73. The van der Waals surface area contributed by atoms with E-state index in [2.05, 4.69) is 45.9 Å². The number of aliphatic hydroxyl groups is 1. The van der Waals surface area contributed by atoms with Crippen molar-refractivity contribution in [2.24, 2.45) is 5.92 Å². The molecule has 0 aliphatic carbocycles. The highest BCUT2D eigenvalue weighted by atomic mass is 16.5. The van der Waals surface area contributed by atoms with Gasteiger partial charge in [-0.05, 0) is 44.6 Å². The van der Waals surface area contributed by atoms with Crippen molar-refractivity contribution in [1.29, 1.82) is 0 Å². The minimum Gasteiger partial charge on any atom is -0.393 e. The Morgan fingerprint density at radius 3 is 2.16 bits per heavy atom. The van der Waals surface area contributed by atoms with Crippen molar-refractivity contribution in [2.75, 3.05) is 13.2 Å². The van der Waals surface area contributed by atoms with Gasteiger partial charge in [0.05, 0.1) is 6.10 Å². The van der Waals surface area contributed by atoms with Gasteiger partial charge in [-0.2, -0.15) is 0 Å². The number of hydrogen-bond donors (Lipinski definition) is 1. The van der Waals surface area contributed by atoms with E-state index in [1.54, 1.807) is 0 Å². The number of aliphatic hydroxyl groups excluding tert-OH is 1. The third-order valence-corrected chi connectivity index (χ3v) is 3.19. The summed E-state index contributed by atoms with van der Waals surface area (Å²) in [6, 6.07) is 6.45. The summed E-state index contributed by atoms with van der Waals surface area (Å²) in [6.07, 6.45) is 2.22. The predicted octanol–water partition coefficient (Wildman–Crippen LogP) is 3.66. The average molecular weight is 264 g/mol. The van der Waals surface area contributed by atoms with Gasteiger partial charge in [0.25, 0.3) is 0 Å². The Balaban J connectivity index is 2.25. The van der Waals surface area contributed by atoms with Crippen molar-refractivity contribution in [2.45, 2.75) is 53.1 Å². The first-order valence-corrected chi connectivity index (χ1v) is 7.30. The van der Waals surface area contributed by atoms with E-state index in [-0.39, 0.29) is 6.10 Å². The predicted molar refractivity (Wildman–Crippen MR) is 80.5 cm³/mol. The first-order chi connectivity index (χ1) is 8.97. The summed E-state index contributed by atoms with van der Waals surface area (Å²) in [5, 5.41) is 10.0. The van der Waals surface area contributed by atoms with Crippen molar-refractivity contribution in [3.63, 3.8) is 0 Å².